The van der Waals surface area contributed by atoms with Gasteiger partial charge in [0.05, 0.1) is 17.7 Å². The number of nitrogens with one attached hydrogen (secondary N) is 2. The lowest BCUT2D eigenvalue weighted by Gasteiger charge is -2.35. The van der Waals surface area contributed by atoms with E-state index in [1.165, 1.54) is 11.1 Å². The number of benzene rings is 3. The average molecular weight is 529 g/mol. The van der Waals surface area contributed by atoms with E-state index in [2.05, 4.69) is 82.6 Å². The third kappa shape index (κ3) is 5.16. The van der Waals surface area contributed by atoms with Gasteiger partial charge < -0.3 is 15.2 Å². The molecule has 38 heavy (non-hydrogen) atoms. The topological polar surface area (TPSA) is 73.9 Å². The first-order valence-electron chi connectivity index (χ1n) is 12.7. The lowest BCUT2D eigenvalue weighted by atomic mass is 9.93. The van der Waals surface area contributed by atoms with Crippen molar-refractivity contribution in [3.8, 4) is 0 Å². The predicted octanol–water partition coefficient (Wildman–Crippen LogP) is 5.82. The van der Waals surface area contributed by atoms with Crippen LogP contribution in [0.2, 0.25) is 0 Å². The van der Waals surface area contributed by atoms with Crippen molar-refractivity contribution in [3.05, 3.63) is 123 Å². The van der Waals surface area contributed by atoms with Gasteiger partial charge in [-0.2, -0.15) is 0 Å². The Bertz CT molecular complexity index is 1390. The second-order valence-electron chi connectivity index (χ2n) is 10.2. The molecule has 1 aliphatic rings. The van der Waals surface area contributed by atoms with Crippen molar-refractivity contribution >= 4 is 25.5 Å². The van der Waals surface area contributed by atoms with Gasteiger partial charge in [-0.05, 0) is 51.2 Å². The Morgan fingerprint density at radius 2 is 1.18 bits per heavy atom. The third-order valence-corrected chi connectivity index (χ3v) is 9.13. The number of nitrogens with zero attached hydrogens (tertiary/aromatic N) is 2. The molecule has 4 aromatic carbocycles. The molecule has 0 spiro atoms. The van der Waals surface area contributed by atoms with Crippen LogP contribution >= 0.6 is 8.45 Å². The minimum atomic E-state index is -1.13. The molecule has 196 valence electrons. The Morgan fingerprint density at radius 1 is 0.737 bits per heavy atom. The van der Waals surface area contributed by atoms with E-state index in [9.17, 15) is 9.59 Å². The van der Waals surface area contributed by atoms with Gasteiger partial charge in [0.1, 0.15) is 11.4 Å². The highest BCUT2D eigenvalue weighted by Crippen LogP contribution is 2.64. The number of rotatable bonds is 9. The van der Waals surface area contributed by atoms with Gasteiger partial charge >= 0.3 is 0 Å². The maximum atomic E-state index is 12.4. The zero-order valence-corrected chi connectivity index (χ0v) is 23.0. The Balaban J connectivity index is 1.34. The molecule has 1 aliphatic heterocycles. The maximum absolute atomic E-state index is 12.4. The zero-order valence-electron chi connectivity index (χ0n) is 22.1. The summed E-state index contributed by atoms with van der Waals surface area (Å²) >= 11 is 0. The summed E-state index contributed by atoms with van der Waals surface area (Å²) in [7, 11) is 3.11. The molecular formula is C30H33N4O3P. The van der Waals surface area contributed by atoms with Crippen LogP contribution in [0.5, 0.6) is 0 Å². The lowest BCUT2D eigenvalue weighted by Crippen LogP contribution is -2.41. The van der Waals surface area contributed by atoms with Crippen molar-refractivity contribution < 1.29 is 4.52 Å². The molecule has 0 aliphatic carbocycles. The average Bonchev–Trinajstić information content (AvgIpc) is 3.18. The van der Waals surface area contributed by atoms with Crippen LogP contribution in [0.1, 0.15) is 37.1 Å². The first-order valence-corrected chi connectivity index (χ1v) is 13.9. The summed E-state index contributed by atoms with van der Waals surface area (Å²) in [5.41, 5.74) is 2.20. The summed E-state index contributed by atoms with van der Waals surface area (Å²) in [5, 5.41) is 6.27. The molecule has 7 nitrogen and oxygen atoms in total. The van der Waals surface area contributed by atoms with Crippen molar-refractivity contribution in [2.75, 3.05) is 31.3 Å². The van der Waals surface area contributed by atoms with E-state index in [1.54, 1.807) is 0 Å². The number of hydrogen-bond donors (Lipinski definition) is 2. The van der Waals surface area contributed by atoms with E-state index in [0.717, 1.165) is 5.69 Å². The van der Waals surface area contributed by atoms with Gasteiger partial charge in [-0.1, -0.05) is 78.9 Å². The van der Waals surface area contributed by atoms with Gasteiger partial charge in [-0.25, -0.2) is 9.34 Å². The molecule has 2 N–H and O–H groups in total. The largest absolute Gasteiger partial charge is 0.377 e. The first kappa shape index (κ1) is 26.3. The first-order chi connectivity index (χ1) is 18.3. The second kappa shape index (κ2) is 10.8. The zero-order chi connectivity index (χ0) is 26.9. The van der Waals surface area contributed by atoms with E-state index in [-0.39, 0.29) is 12.1 Å². The minimum Gasteiger partial charge on any atom is -0.377 e. The highest BCUT2D eigenvalue weighted by atomic mass is 31.2. The molecule has 8 heteroatoms. The van der Waals surface area contributed by atoms with Crippen molar-refractivity contribution in [3.63, 3.8) is 0 Å². The van der Waals surface area contributed by atoms with Gasteiger partial charge in [-0.15, -0.1) is 0 Å². The summed E-state index contributed by atoms with van der Waals surface area (Å²) in [4.78, 5) is 24.6. The molecule has 0 amide bonds. The fourth-order valence-electron chi connectivity index (χ4n) is 4.97. The van der Waals surface area contributed by atoms with Gasteiger partial charge in [0.25, 0.3) is 10.9 Å². The quantitative estimate of drug-likeness (QED) is 0.210. The molecular weight excluding hydrogens is 495 g/mol. The summed E-state index contributed by atoms with van der Waals surface area (Å²) in [6.07, 6.45) is 0. The Hall–Kier alpha value is -3.35. The molecule has 0 radical (unpaired) electrons. The molecule has 2 atom stereocenters. The third-order valence-electron chi connectivity index (χ3n) is 6.90. The smallest absolute Gasteiger partial charge is 0.253 e. The van der Waals surface area contributed by atoms with E-state index in [0.29, 0.717) is 17.9 Å². The van der Waals surface area contributed by atoms with E-state index >= 15 is 0 Å². The lowest BCUT2D eigenvalue weighted by molar-refractivity contribution is 0.124. The Labute approximate surface area is 224 Å². The standard InChI is InChI=1S/C30H33N4O3P/c1-30(2,20-31-24-25(29(36)28(24)35)32-23-18-12-7-13-19-23)37-38-33(3)26(21-14-8-5-9-15-21)27(34(38)4)22-16-10-6-11-17-22/h5-19,26-27,31-32H,20H2,1-4H3/t26-,27-/m1/s1. The second-order valence-corrected chi connectivity index (χ2v) is 12.2. The Morgan fingerprint density at radius 3 is 1.68 bits per heavy atom. The fraction of sp³-hybridized carbons (Fsp3) is 0.267. The van der Waals surface area contributed by atoms with E-state index in [4.69, 9.17) is 4.52 Å². The molecule has 4 aromatic rings. The summed E-state index contributed by atoms with van der Waals surface area (Å²) < 4.78 is 11.4. The fourth-order valence-corrected chi connectivity index (χ4v) is 7.12. The van der Waals surface area contributed by atoms with Crippen molar-refractivity contribution in [2.24, 2.45) is 0 Å². The number of anilines is 3. The molecule has 1 fully saturated rings. The molecule has 1 heterocycles. The van der Waals surface area contributed by atoms with Gasteiger partial charge in [0.2, 0.25) is 0 Å². The number of para-hydroxylation sites is 1. The van der Waals surface area contributed by atoms with Crippen LogP contribution in [0, 0.1) is 0 Å². The SMILES string of the molecule is CN1[C@H](c2ccccc2)[C@@H](c2ccccc2)N(C)P1OC(C)(C)CNc1c(Nc2ccccc2)c(=O)c1=O. The molecule has 0 saturated carbocycles. The minimum absolute atomic E-state index is 0.119. The molecule has 1 saturated heterocycles. The van der Waals surface area contributed by atoms with Crippen LogP contribution in [-0.2, 0) is 4.52 Å². The number of hydrogen-bond acceptors (Lipinski definition) is 7. The van der Waals surface area contributed by atoms with Gasteiger partial charge in [0.15, 0.2) is 8.45 Å². The normalized spacial score (nSPS) is 19.2. The molecule has 0 bridgehead atoms. The van der Waals surface area contributed by atoms with Gasteiger partial charge in [0, 0.05) is 12.2 Å². The predicted molar refractivity (Wildman–Crippen MR) is 156 cm³/mol. The van der Waals surface area contributed by atoms with Crippen LogP contribution in [0.25, 0.3) is 0 Å². The van der Waals surface area contributed by atoms with Crippen LogP contribution in [-0.4, -0.2) is 35.6 Å². The molecule has 0 unspecified atom stereocenters. The molecule has 0 aromatic heterocycles. The van der Waals surface area contributed by atoms with Crippen molar-refractivity contribution in [1.82, 2.24) is 9.34 Å². The summed E-state index contributed by atoms with van der Waals surface area (Å²) in [6, 6.07) is 30.7. The van der Waals surface area contributed by atoms with Crippen LogP contribution in [0.3, 0.4) is 0 Å². The van der Waals surface area contributed by atoms with Crippen molar-refractivity contribution in [1.29, 1.82) is 0 Å². The van der Waals surface area contributed by atoms with E-state index < -0.39 is 24.9 Å². The van der Waals surface area contributed by atoms with Crippen LogP contribution in [0.4, 0.5) is 17.1 Å². The maximum Gasteiger partial charge on any atom is 0.253 e. The summed E-state index contributed by atoms with van der Waals surface area (Å²) in [6.45, 7) is 4.38. The monoisotopic (exact) mass is 528 g/mol. The van der Waals surface area contributed by atoms with E-state index in [1.807, 2.05) is 56.3 Å². The summed E-state index contributed by atoms with van der Waals surface area (Å²) in [5.74, 6) is 0. The van der Waals surface area contributed by atoms with Crippen LogP contribution in [0.15, 0.2) is 101 Å². The van der Waals surface area contributed by atoms with Crippen molar-refractivity contribution in [2.45, 2.75) is 31.5 Å². The van der Waals surface area contributed by atoms with Gasteiger partial charge in [-0.3, -0.25) is 9.59 Å². The Kier molecular flexibility index (Phi) is 7.46. The number of likely N-dealkylation sites (N-methyl/N-ethyl adjacent to an activating group) is 2. The highest BCUT2D eigenvalue weighted by molar-refractivity contribution is 7.47. The molecule has 5 rings (SSSR count). The highest BCUT2D eigenvalue weighted by Gasteiger charge is 2.48. The van der Waals surface area contributed by atoms with Crippen LogP contribution < -0.4 is 21.5 Å².